The minimum atomic E-state index is 0.124. The average Bonchev–Trinajstić information content (AvgIpc) is 2.43. The van der Waals surface area contributed by atoms with Crippen molar-refractivity contribution in [3.8, 4) is 0 Å². The van der Waals surface area contributed by atoms with Gasteiger partial charge < -0.3 is 10.2 Å². The SMILES string of the molecule is O=C1CC2CSCCN2c2ccc(Br)cc2N1. The molecule has 90 valence electrons. The smallest absolute Gasteiger partial charge is 0.226 e. The van der Waals surface area contributed by atoms with Crippen LogP contribution >= 0.6 is 27.7 Å². The predicted octanol–water partition coefficient (Wildman–Crippen LogP) is 2.71. The van der Waals surface area contributed by atoms with E-state index in [1.165, 1.54) is 0 Å². The van der Waals surface area contributed by atoms with Crippen molar-refractivity contribution in [3.63, 3.8) is 0 Å². The maximum absolute atomic E-state index is 11.8. The normalized spacial score (nSPS) is 23.5. The van der Waals surface area contributed by atoms with Gasteiger partial charge in [-0.2, -0.15) is 11.8 Å². The van der Waals surface area contributed by atoms with Gasteiger partial charge in [0, 0.05) is 35.0 Å². The molecule has 1 atom stereocenters. The molecule has 1 amide bonds. The lowest BCUT2D eigenvalue weighted by Crippen LogP contribution is -2.42. The van der Waals surface area contributed by atoms with E-state index >= 15 is 0 Å². The molecule has 0 saturated carbocycles. The van der Waals surface area contributed by atoms with Crippen LogP contribution in [0.25, 0.3) is 0 Å². The van der Waals surface area contributed by atoms with Crippen molar-refractivity contribution in [3.05, 3.63) is 22.7 Å². The Bertz CT molecular complexity index is 466. The summed E-state index contributed by atoms with van der Waals surface area (Å²) in [6, 6.07) is 6.46. The van der Waals surface area contributed by atoms with Crippen LogP contribution in [0.4, 0.5) is 11.4 Å². The highest BCUT2D eigenvalue weighted by Gasteiger charge is 2.30. The quantitative estimate of drug-likeness (QED) is 0.799. The standard InChI is InChI=1S/C12H13BrN2OS/c13-8-1-2-11-10(5-8)14-12(16)6-9-7-17-4-3-15(9)11/h1-2,5,9H,3-4,6-7H2,(H,14,16). The van der Waals surface area contributed by atoms with E-state index in [4.69, 9.17) is 0 Å². The molecule has 17 heavy (non-hydrogen) atoms. The maximum atomic E-state index is 11.8. The van der Waals surface area contributed by atoms with Gasteiger partial charge in [-0.15, -0.1) is 0 Å². The fourth-order valence-electron chi connectivity index (χ4n) is 2.42. The molecule has 0 radical (unpaired) electrons. The molecular formula is C12H13BrN2OS. The van der Waals surface area contributed by atoms with Gasteiger partial charge in [-0.3, -0.25) is 4.79 Å². The molecular weight excluding hydrogens is 300 g/mol. The second kappa shape index (κ2) is 4.53. The van der Waals surface area contributed by atoms with E-state index in [9.17, 15) is 4.79 Å². The summed E-state index contributed by atoms with van der Waals surface area (Å²) in [6.07, 6.45) is 0.597. The molecule has 0 spiro atoms. The number of anilines is 2. The lowest BCUT2D eigenvalue weighted by atomic mass is 10.1. The zero-order valence-corrected chi connectivity index (χ0v) is 11.7. The summed E-state index contributed by atoms with van der Waals surface area (Å²) < 4.78 is 1.00. The van der Waals surface area contributed by atoms with E-state index in [2.05, 4.69) is 32.2 Å². The van der Waals surface area contributed by atoms with Gasteiger partial charge in [-0.05, 0) is 18.2 Å². The van der Waals surface area contributed by atoms with Crippen molar-refractivity contribution in [2.24, 2.45) is 0 Å². The van der Waals surface area contributed by atoms with Crippen molar-refractivity contribution in [1.29, 1.82) is 0 Å². The third-order valence-electron chi connectivity index (χ3n) is 3.19. The summed E-state index contributed by atoms with van der Waals surface area (Å²) in [5.74, 6) is 2.31. The summed E-state index contributed by atoms with van der Waals surface area (Å²) in [4.78, 5) is 14.2. The Balaban J connectivity index is 2.05. The third-order valence-corrected chi connectivity index (χ3v) is 4.78. The third kappa shape index (κ3) is 2.18. The number of rotatable bonds is 0. The first-order valence-electron chi connectivity index (χ1n) is 5.68. The first-order valence-corrected chi connectivity index (χ1v) is 7.62. The maximum Gasteiger partial charge on any atom is 0.226 e. The van der Waals surface area contributed by atoms with E-state index < -0.39 is 0 Å². The van der Waals surface area contributed by atoms with Gasteiger partial charge in [-0.25, -0.2) is 0 Å². The Morgan fingerprint density at radius 2 is 2.35 bits per heavy atom. The molecule has 3 rings (SSSR count). The molecule has 1 saturated heterocycles. The summed E-state index contributed by atoms with van der Waals surface area (Å²) in [7, 11) is 0. The molecule has 1 unspecified atom stereocenters. The number of benzene rings is 1. The van der Waals surface area contributed by atoms with Gasteiger partial charge in [0.2, 0.25) is 5.91 Å². The Labute approximate surface area is 113 Å². The first-order chi connectivity index (χ1) is 8.24. The lowest BCUT2D eigenvalue weighted by Gasteiger charge is -2.35. The monoisotopic (exact) mass is 312 g/mol. The topological polar surface area (TPSA) is 32.3 Å². The number of hydrogen-bond acceptors (Lipinski definition) is 3. The predicted molar refractivity (Wildman–Crippen MR) is 75.8 cm³/mol. The number of thioether (sulfide) groups is 1. The van der Waals surface area contributed by atoms with E-state index in [0.29, 0.717) is 12.5 Å². The first kappa shape index (κ1) is 11.4. The van der Waals surface area contributed by atoms with Crippen LogP contribution in [0.15, 0.2) is 22.7 Å². The fourth-order valence-corrected chi connectivity index (χ4v) is 3.84. The number of amides is 1. The Kier molecular flexibility index (Phi) is 3.04. The van der Waals surface area contributed by atoms with Crippen molar-refractivity contribution in [2.45, 2.75) is 12.5 Å². The summed E-state index contributed by atoms with van der Waals surface area (Å²) >= 11 is 5.39. The van der Waals surface area contributed by atoms with Crippen molar-refractivity contribution < 1.29 is 4.79 Å². The van der Waals surface area contributed by atoms with Gasteiger partial charge in [0.1, 0.15) is 0 Å². The molecule has 2 heterocycles. The molecule has 0 bridgehead atoms. The van der Waals surface area contributed by atoms with Crippen molar-refractivity contribution in [2.75, 3.05) is 28.3 Å². The van der Waals surface area contributed by atoms with Crippen LogP contribution in [0.5, 0.6) is 0 Å². The molecule has 1 fully saturated rings. The average molecular weight is 313 g/mol. The lowest BCUT2D eigenvalue weighted by molar-refractivity contribution is -0.116. The summed E-state index contributed by atoms with van der Waals surface area (Å²) in [5.41, 5.74) is 2.09. The Morgan fingerprint density at radius 1 is 1.47 bits per heavy atom. The highest BCUT2D eigenvalue weighted by molar-refractivity contribution is 9.10. The number of carbonyl (C=O) groups excluding carboxylic acids is 1. The van der Waals surface area contributed by atoms with Crippen LogP contribution in [0, 0.1) is 0 Å². The number of hydrogen-bond donors (Lipinski definition) is 1. The van der Waals surface area contributed by atoms with Crippen LogP contribution in [0.1, 0.15) is 6.42 Å². The van der Waals surface area contributed by atoms with Crippen LogP contribution < -0.4 is 10.2 Å². The Hall–Kier alpha value is -0.680. The highest BCUT2D eigenvalue weighted by atomic mass is 79.9. The van der Waals surface area contributed by atoms with Gasteiger partial charge in [0.05, 0.1) is 11.4 Å². The number of nitrogens with zero attached hydrogens (tertiary/aromatic N) is 1. The zero-order chi connectivity index (χ0) is 11.8. The van der Waals surface area contributed by atoms with E-state index in [1.807, 2.05) is 23.9 Å². The number of carbonyl (C=O) groups is 1. The molecule has 5 heteroatoms. The van der Waals surface area contributed by atoms with Gasteiger partial charge in [0.15, 0.2) is 0 Å². The molecule has 0 aliphatic carbocycles. The summed E-state index contributed by atoms with van der Waals surface area (Å²) in [5, 5.41) is 3.00. The molecule has 1 N–H and O–H groups in total. The van der Waals surface area contributed by atoms with Gasteiger partial charge in [-0.1, -0.05) is 15.9 Å². The van der Waals surface area contributed by atoms with Crippen LogP contribution in [-0.2, 0) is 4.79 Å². The van der Waals surface area contributed by atoms with Crippen LogP contribution in [0.2, 0.25) is 0 Å². The zero-order valence-electron chi connectivity index (χ0n) is 9.28. The molecule has 0 aromatic heterocycles. The number of halogens is 1. The number of fused-ring (bicyclic) bond motifs is 3. The summed E-state index contributed by atoms with van der Waals surface area (Å²) in [6.45, 7) is 1.03. The van der Waals surface area contributed by atoms with Crippen molar-refractivity contribution >= 4 is 45.0 Å². The van der Waals surface area contributed by atoms with Crippen LogP contribution in [-0.4, -0.2) is 30.0 Å². The van der Waals surface area contributed by atoms with E-state index in [0.717, 1.165) is 33.9 Å². The number of nitrogens with one attached hydrogen (secondary N) is 1. The molecule has 1 aromatic carbocycles. The van der Waals surface area contributed by atoms with Crippen LogP contribution in [0.3, 0.4) is 0 Å². The van der Waals surface area contributed by atoms with E-state index in [-0.39, 0.29) is 5.91 Å². The minimum absolute atomic E-state index is 0.124. The van der Waals surface area contributed by atoms with Gasteiger partial charge in [0.25, 0.3) is 0 Å². The molecule has 1 aromatic rings. The molecule has 3 nitrogen and oxygen atoms in total. The van der Waals surface area contributed by atoms with E-state index in [1.54, 1.807) is 0 Å². The fraction of sp³-hybridized carbons (Fsp3) is 0.417. The Morgan fingerprint density at radius 3 is 3.24 bits per heavy atom. The van der Waals surface area contributed by atoms with Crippen molar-refractivity contribution in [1.82, 2.24) is 0 Å². The molecule has 2 aliphatic rings. The second-order valence-corrected chi connectivity index (χ2v) is 6.40. The largest absolute Gasteiger partial charge is 0.365 e. The minimum Gasteiger partial charge on any atom is -0.365 e. The van der Waals surface area contributed by atoms with Gasteiger partial charge >= 0.3 is 0 Å². The molecule has 2 aliphatic heterocycles. The second-order valence-electron chi connectivity index (χ2n) is 4.34. The highest BCUT2D eigenvalue weighted by Crippen LogP contribution is 2.36.